The molecule has 0 aliphatic heterocycles. The van der Waals surface area contributed by atoms with E-state index >= 15 is 0 Å². The lowest BCUT2D eigenvalue weighted by Gasteiger charge is -2.12. The molecule has 0 aliphatic carbocycles. The highest BCUT2D eigenvalue weighted by Crippen LogP contribution is 2.36. The van der Waals surface area contributed by atoms with E-state index in [9.17, 15) is 17.6 Å². The first-order valence-corrected chi connectivity index (χ1v) is 5.17. The smallest absolute Gasteiger partial charge is 0.419 e. The maximum atomic E-state index is 12.8. The highest BCUT2D eigenvalue weighted by Gasteiger charge is 2.34. The van der Waals surface area contributed by atoms with Crippen LogP contribution in [0.4, 0.5) is 17.6 Å². The van der Waals surface area contributed by atoms with Gasteiger partial charge in [0.1, 0.15) is 11.6 Å². The van der Waals surface area contributed by atoms with E-state index in [2.05, 4.69) is 4.74 Å². The summed E-state index contributed by atoms with van der Waals surface area (Å²) in [5.74, 6) is -0.811. The van der Waals surface area contributed by atoms with Gasteiger partial charge in [0.05, 0.1) is 12.7 Å². The van der Waals surface area contributed by atoms with E-state index in [0.29, 0.717) is 5.56 Å². The van der Waals surface area contributed by atoms with Crippen LogP contribution in [0.3, 0.4) is 0 Å². The number of methoxy groups -OCH3 is 1. The lowest BCUT2D eigenvalue weighted by atomic mass is 10.1. The minimum Gasteiger partial charge on any atom is -0.496 e. The van der Waals surface area contributed by atoms with E-state index in [1.807, 2.05) is 0 Å². The Morgan fingerprint density at radius 3 is 2.47 bits per heavy atom. The number of halogens is 5. The Hall–Kier alpha value is -1.27. The van der Waals surface area contributed by atoms with Gasteiger partial charge in [-0.1, -0.05) is 6.07 Å². The summed E-state index contributed by atoms with van der Waals surface area (Å²) in [5, 5.41) is 0. The van der Waals surface area contributed by atoms with Crippen LogP contribution in [-0.2, 0) is 12.6 Å². The molecule has 0 aliphatic rings. The van der Waals surface area contributed by atoms with Crippen molar-refractivity contribution >= 4 is 12.4 Å². The lowest BCUT2D eigenvalue weighted by molar-refractivity contribution is -0.138. The average Bonchev–Trinajstić information content (AvgIpc) is 2.34. The Bertz CT molecular complexity index is 446. The molecule has 7 heteroatoms. The first-order valence-electron chi connectivity index (χ1n) is 5.17. The molecule has 0 aromatic heterocycles. The summed E-state index contributed by atoms with van der Waals surface area (Å²) in [6, 6.07) is 3.61. The van der Waals surface area contributed by atoms with Crippen molar-refractivity contribution in [3.8, 4) is 5.75 Å². The van der Waals surface area contributed by atoms with E-state index in [0.717, 1.165) is 19.3 Å². The summed E-state index contributed by atoms with van der Waals surface area (Å²) in [7, 11) is 1.16. The van der Waals surface area contributed by atoms with E-state index < -0.39 is 17.6 Å². The fraction of sp³-hybridized carbons (Fsp3) is 0.333. The predicted octanol–water partition coefficient (Wildman–Crippen LogP) is 3.49. The van der Waals surface area contributed by atoms with Gasteiger partial charge in [0.2, 0.25) is 0 Å². The van der Waals surface area contributed by atoms with Gasteiger partial charge in [-0.2, -0.15) is 13.2 Å². The highest BCUT2D eigenvalue weighted by atomic mass is 35.5. The first-order chi connectivity index (χ1) is 8.38. The second-order valence-corrected chi connectivity index (χ2v) is 3.59. The molecule has 2 nitrogen and oxygen atoms in total. The molecule has 0 unspecified atom stereocenters. The Morgan fingerprint density at radius 2 is 2.00 bits per heavy atom. The molecule has 0 heterocycles. The molecule has 2 N–H and O–H groups in total. The number of nitrogens with two attached hydrogens (primary N) is 1. The Kier molecular flexibility index (Phi) is 6.86. The van der Waals surface area contributed by atoms with Crippen molar-refractivity contribution in [1.82, 2.24) is 0 Å². The topological polar surface area (TPSA) is 35.2 Å². The normalized spacial score (nSPS) is 12.0. The molecule has 19 heavy (non-hydrogen) atoms. The van der Waals surface area contributed by atoms with Crippen molar-refractivity contribution in [2.45, 2.75) is 12.6 Å². The quantitative estimate of drug-likeness (QED) is 0.864. The van der Waals surface area contributed by atoms with E-state index in [1.165, 1.54) is 12.1 Å². The number of ether oxygens (including phenoxy) is 1. The van der Waals surface area contributed by atoms with Gasteiger partial charge in [-0.3, -0.25) is 0 Å². The maximum absolute atomic E-state index is 12.8. The summed E-state index contributed by atoms with van der Waals surface area (Å²) in [5.41, 5.74) is 4.51. The van der Waals surface area contributed by atoms with Crippen molar-refractivity contribution in [1.29, 1.82) is 0 Å². The predicted molar refractivity (Wildman–Crippen MR) is 67.2 cm³/mol. The molecule has 0 atom stereocenters. The van der Waals surface area contributed by atoms with Gasteiger partial charge >= 0.3 is 6.18 Å². The summed E-state index contributed by atoms with van der Waals surface area (Å²) >= 11 is 0. The van der Waals surface area contributed by atoms with Crippen molar-refractivity contribution in [2.75, 3.05) is 13.7 Å². The molecule has 1 aromatic rings. The molecule has 0 fully saturated rings. The third kappa shape index (κ3) is 5.08. The van der Waals surface area contributed by atoms with Crippen LogP contribution in [-0.4, -0.2) is 13.7 Å². The zero-order chi connectivity index (χ0) is 13.8. The summed E-state index contributed by atoms with van der Waals surface area (Å²) in [4.78, 5) is 0. The zero-order valence-corrected chi connectivity index (χ0v) is 10.9. The van der Waals surface area contributed by atoms with Crippen molar-refractivity contribution in [2.24, 2.45) is 5.73 Å². The summed E-state index contributed by atoms with van der Waals surface area (Å²) in [6.07, 6.45) is -3.30. The number of rotatable bonds is 4. The number of hydrogen-bond acceptors (Lipinski definition) is 2. The van der Waals surface area contributed by atoms with Gasteiger partial charge in [0, 0.05) is 6.54 Å². The molecule has 1 aromatic carbocycles. The van der Waals surface area contributed by atoms with Crippen LogP contribution in [0, 0.1) is 0 Å². The molecule has 0 saturated heterocycles. The highest BCUT2D eigenvalue weighted by molar-refractivity contribution is 5.85. The number of hydrogen-bond donors (Lipinski definition) is 1. The second-order valence-electron chi connectivity index (χ2n) is 3.59. The maximum Gasteiger partial charge on any atom is 0.419 e. The third-order valence-electron chi connectivity index (χ3n) is 2.32. The van der Waals surface area contributed by atoms with Crippen LogP contribution < -0.4 is 10.5 Å². The van der Waals surface area contributed by atoms with E-state index in [4.69, 9.17) is 5.73 Å². The van der Waals surface area contributed by atoms with Crippen LogP contribution in [0.2, 0.25) is 0 Å². The minimum absolute atomic E-state index is 0. The number of allylic oxidation sites excluding steroid dienone is 1. The Labute approximate surface area is 114 Å². The van der Waals surface area contributed by atoms with Crippen LogP contribution >= 0.6 is 12.4 Å². The SMILES string of the molecule is COc1ccc(C/C=C(/F)CN)cc1C(F)(F)F.Cl. The average molecular weight is 300 g/mol. The van der Waals surface area contributed by atoms with Gasteiger partial charge in [0.25, 0.3) is 0 Å². The fourth-order valence-corrected chi connectivity index (χ4v) is 1.42. The van der Waals surface area contributed by atoms with E-state index in [1.54, 1.807) is 0 Å². The molecule has 1 rings (SSSR count). The Balaban J connectivity index is 0.00000324. The standard InChI is InChI=1S/C12H13F4NO.ClH/c1-18-11-5-3-8(2-4-9(13)7-17)6-10(11)12(14,15)16;/h3-6H,2,7,17H2,1H3;1H/b9-4+;. The molecular weight excluding hydrogens is 286 g/mol. The Morgan fingerprint density at radius 1 is 1.37 bits per heavy atom. The second kappa shape index (κ2) is 7.35. The van der Waals surface area contributed by atoms with Gasteiger partial charge in [-0.15, -0.1) is 12.4 Å². The monoisotopic (exact) mass is 299 g/mol. The van der Waals surface area contributed by atoms with Crippen molar-refractivity contribution in [3.05, 3.63) is 41.2 Å². The van der Waals surface area contributed by atoms with Gasteiger partial charge in [0.15, 0.2) is 0 Å². The van der Waals surface area contributed by atoms with Crippen LogP contribution in [0.1, 0.15) is 11.1 Å². The van der Waals surface area contributed by atoms with Crippen molar-refractivity contribution in [3.63, 3.8) is 0 Å². The fourth-order valence-electron chi connectivity index (χ4n) is 1.42. The molecule has 0 spiro atoms. The number of alkyl halides is 3. The summed E-state index contributed by atoms with van der Waals surface area (Å²) < 4.78 is 55.5. The van der Waals surface area contributed by atoms with Crippen LogP contribution in [0.15, 0.2) is 30.1 Å². The largest absolute Gasteiger partial charge is 0.496 e. The molecular formula is C12H14ClF4NO. The van der Waals surface area contributed by atoms with Gasteiger partial charge in [-0.05, 0) is 30.2 Å². The number of benzene rings is 1. The minimum atomic E-state index is -4.50. The molecule has 0 bridgehead atoms. The molecule has 0 radical (unpaired) electrons. The van der Waals surface area contributed by atoms with E-state index in [-0.39, 0.29) is 31.1 Å². The molecule has 0 saturated carbocycles. The van der Waals surface area contributed by atoms with Crippen molar-refractivity contribution < 1.29 is 22.3 Å². The van der Waals surface area contributed by atoms with Crippen LogP contribution in [0.5, 0.6) is 5.75 Å². The lowest BCUT2D eigenvalue weighted by Crippen LogP contribution is -2.08. The molecule has 0 amide bonds. The van der Waals surface area contributed by atoms with Gasteiger partial charge in [-0.25, -0.2) is 4.39 Å². The van der Waals surface area contributed by atoms with Crippen LogP contribution in [0.25, 0.3) is 0 Å². The zero-order valence-electron chi connectivity index (χ0n) is 10.1. The van der Waals surface area contributed by atoms with Gasteiger partial charge < -0.3 is 10.5 Å². The summed E-state index contributed by atoms with van der Waals surface area (Å²) in [6.45, 7) is -0.262. The first kappa shape index (κ1) is 17.7. The molecule has 108 valence electrons. The third-order valence-corrected chi connectivity index (χ3v) is 2.32.